The van der Waals surface area contributed by atoms with Crippen LogP contribution in [-0.2, 0) is 9.53 Å². The summed E-state index contributed by atoms with van der Waals surface area (Å²) in [5, 5.41) is 0. The Morgan fingerprint density at radius 1 is 0.972 bits per heavy atom. The molecule has 36 heavy (non-hydrogen) atoms. The number of carbonyl (C=O) groups excluding carboxylic acids is 1. The number of allylic oxidation sites excluding steroid dienone is 7. The lowest BCUT2D eigenvalue weighted by atomic mass is 9.94. The Balaban J connectivity index is 1.50. The predicted molar refractivity (Wildman–Crippen MR) is 145 cm³/mol. The second kappa shape index (κ2) is 9.86. The normalized spacial score (nSPS) is 20.1. The maximum absolute atomic E-state index is 12.9. The van der Waals surface area contributed by atoms with Gasteiger partial charge < -0.3 is 14.4 Å². The minimum Gasteiger partial charge on any atom is -0.462 e. The lowest BCUT2D eigenvalue weighted by Crippen LogP contribution is -2.21. The van der Waals surface area contributed by atoms with Crippen molar-refractivity contribution in [3.05, 3.63) is 112 Å². The summed E-state index contributed by atoms with van der Waals surface area (Å²) in [6.07, 6.45) is 7.69. The highest BCUT2D eigenvalue weighted by Crippen LogP contribution is 2.37. The van der Waals surface area contributed by atoms with Crippen molar-refractivity contribution >= 4 is 22.8 Å². The quantitative estimate of drug-likeness (QED) is 0.467. The van der Waals surface area contributed by atoms with Crippen LogP contribution in [0.1, 0.15) is 38.8 Å². The first-order valence-electron chi connectivity index (χ1n) is 12.4. The van der Waals surface area contributed by atoms with Gasteiger partial charge in [0.15, 0.2) is 5.78 Å². The molecule has 0 radical (unpaired) electrons. The zero-order valence-electron chi connectivity index (χ0n) is 21.2. The number of nitrogens with zero attached hydrogens (tertiary/aromatic N) is 2. The summed E-state index contributed by atoms with van der Waals surface area (Å²) in [5.41, 5.74) is 6.45. The average Bonchev–Trinajstić information content (AvgIpc) is 3.26. The molecule has 2 aromatic rings. The van der Waals surface area contributed by atoms with Crippen molar-refractivity contribution < 1.29 is 14.3 Å². The van der Waals surface area contributed by atoms with E-state index in [1.807, 2.05) is 61.6 Å². The molecule has 0 saturated carbocycles. The monoisotopic (exact) mass is 478 g/mol. The fraction of sp³-hybridized carbons (Fsp3) is 0.226. The van der Waals surface area contributed by atoms with Crippen molar-refractivity contribution in [3.63, 3.8) is 0 Å². The number of hydrogen-bond donors (Lipinski definition) is 0. The van der Waals surface area contributed by atoms with Crippen LogP contribution in [0.3, 0.4) is 0 Å². The van der Waals surface area contributed by atoms with E-state index in [1.165, 1.54) is 0 Å². The summed E-state index contributed by atoms with van der Waals surface area (Å²) < 4.78 is 12.3. The van der Waals surface area contributed by atoms with E-state index in [-0.39, 0.29) is 12.3 Å². The van der Waals surface area contributed by atoms with Crippen LogP contribution in [0.15, 0.2) is 106 Å². The molecule has 3 heterocycles. The number of benzene rings is 2. The molecule has 3 aliphatic rings. The van der Waals surface area contributed by atoms with Crippen molar-refractivity contribution in [2.75, 3.05) is 24.5 Å². The van der Waals surface area contributed by atoms with Crippen molar-refractivity contribution in [2.45, 2.75) is 27.7 Å². The lowest BCUT2D eigenvalue weighted by molar-refractivity contribution is -0.113. The SMILES string of the molecule is CCN(CC)c1ccc2c(c1)O/C(=C/C1=CC(=C3/C(=O)CN=C3c3ccccc3)/C=C(C)O1)C=C2C. The van der Waals surface area contributed by atoms with Gasteiger partial charge in [-0.15, -0.1) is 0 Å². The van der Waals surface area contributed by atoms with Crippen LogP contribution in [0.5, 0.6) is 5.75 Å². The second-order valence-corrected chi connectivity index (χ2v) is 9.02. The minimum absolute atomic E-state index is 0.0144. The van der Waals surface area contributed by atoms with Crippen LogP contribution < -0.4 is 9.64 Å². The van der Waals surface area contributed by atoms with Crippen molar-refractivity contribution in [1.82, 2.24) is 0 Å². The molecule has 0 saturated heterocycles. The molecule has 3 aliphatic heterocycles. The van der Waals surface area contributed by atoms with Crippen LogP contribution >= 0.6 is 0 Å². The first-order chi connectivity index (χ1) is 17.5. The molecule has 0 aromatic heterocycles. The van der Waals surface area contributed by atoms with Gasteiger partial charge in [0.1, 0.15) is 29.6 Å². The Morgan fingerprint density at radius 2 is 1.75 bits per heavy atom. The van der Waals surface area contributed by atoms with Crippen molar-refractivity contribution in [3.8, 4) is 5.75 Å². The molecule has 182 valence electrons. The van der Waals surface area contributed by atoms with Crippen LogP contribution in [0.2, 0.25) is 0 Å². The number of ketones is 1. The van der Waals surface area contributed by atoms with E-state index >= 15 is 0 Å². The molecule has 0 bridgehead atoms. The lowest BCUT2D eigenvalue weighted by Gasteiger charge is -2.25. The summed E-state index contributed by atoms with van der Waals surface area (Å²) in [4.78, 5) is 19.7. The molecule has 5 heteroatoms. The topological polar surface area (TPSA) is 51.1 Å². The van der Waals surface area contributed by atoms with Gasteiger partial charge in [-0.05, 0) is 69.2 Å². The smallest absolute Gasteiger partial charge is 0.187 e. The van der Waals surface area contributed by atoms with Crippen molar-refractivity contribution in [2.24, 2.45) is 4.99 Å². The highest BCUT2D eigenvalue weighted by atomic mass is 16.5. The first kappa shape index (κ1) is 23.6. The summed E-state index contributed by atoms with van der Waals surface area (Å²) in [6.45, 7) is 10.3. The molecule has 0 fully saturated rings. The Kier molecular flexibility index (Phi) is 6.47. The fourth-order valence-corrected chi connectivity index (χ4v) is 4.81. The number of rotatable bonds is 5. The van der Waals surface area contributed by atoms with Crippen LogP contribution in [0.4, 0.5) is 5.69 Å². The van der Waals surface area contributed by atoms with E-state index in [0.717, 1.165) is 52.5 Å². The molecule has 0 amide bonds. The number of anilines is 1. The number of Topliss-reactive ketones (excluding diaryl/α,β-unsaturated/α-hetero) is 1. The van der Waals surface area contributed by atoms with Gasteiger partial charge in [0.2, 0.25) is 0 Å². The summed E-state index contributed by atoms with van der Waals surface area (Å²) in [7, 11) is 0. The van der Waals surface area contributed by atoms with E-state index < -0.39 is 0 Å². The summed E-state index contributed by atoms with van der Waals surface area (Å²) in [6, 6.07) is 16.2. The van der Waals surface area contributed by atoms with E-state index in [9.17, 15) is 4.79 Å². The molecule has 0 atom stereocenters. The van der Waals surface area contributed by atoms with Gasteiger partial charge >= 0.3 is 0 Å². The standard InChI is InChI=1S/C31H30N2O3/c1-5-33(6-2)24-12-13-27-20(3)14-25(36-29(27)17-24)18-26-16-23(15-21(4)35-26)30-28(34)19-32-31(30)22-10-8-7-9-11-22/h7-18H,5-6,19H2,1-4H3/b25-18+,30-23-. The third-order valence-corrected chi connectivity index (χ3v) is 6.56. The molecule has 0 N–H and O–H groups in total. The zero-order valence-corrected chi connectivity index (χ0v) is 21.2. The summed E-state index contributed by atoms with van der Waals surface area (Å²) >= 11 is 0. The van der Waals surface area contributed by atoms with Crippen molar-refractivity contribution in [1.29, 1.82) is 0 Å². The number of carbonyl (C=O) groups is 1. The van der Waals surface area contributed by atoms with Crippen LogP contribution in [0, 0.1) is 0 Å². The predicted octanol–water partition coefficient (Wildman–Crippen LogP) is 6.40. The highest BCUT2D eigenvalue weighted by molar-refractivity contribution is 6.33. The summed E-state index contributed by atoms with van der Waals surface area (Å²) in [5.74, 6) is 2.86. The van der Waals surface area contributed by atoms with Gasteiger partial charge in [0.05, 0.1) is 11.3 Å². The molecular formula is C31H30N2O3. The van der Waals surface area contributed by atoms with E-state index in [2.05, 4.69) is 48.9 Å². The second-order valence-electron chi connectivity index (χ2n) is 9.02. The third-order valence-electron chi connectivity index (χ3n) is 6.56. The maximum Gasteiger partial charge on any atom is 0.187 e. The Bertz CT molecular complexity index is 1400. The molecule has 0 unspecified atom stereocenters. The number of fused-ring (bicyclic) bond motifs is 1. The van der Waals surface area contributed by atoms with Gasteiger partial charge in [-0.1, -0.05) is 30.3 Å². The number of ether oxygens (including phenoxy) is 2. The third kappa shape index (κ3) is 4.57. The van der Waals surface area contributed by atoms with Gasteiger partial charge in [-0.3, -0.25) is 9.79 Å². The number of hydrogen-bond acceptors (Lipinski definition) is 5. The molecule has 0 spiro atoms. The van der Waals surface area contributed by atoms with Gasteiger partial charge in [0, 0.05) is 42.0 Å². The fourth-order valence-electron chi connectivity index (χ4n) is 4.81. The van der Waals surface area contributed by atoms with Gasteiger partial charge in [-0.25, -0.2) is 0 Å². The molecule has 5 rings (SSSR count). The molecule has 0 aliphatic carbocycles. The molecular weight excluding hydrogens is 448 g/mol. The van der Waals surface area contributed by atoms with E-state index in [4.69, 9.17) is 9.47 Å². The highest BCUT2D eigenvalue weighted by Gasteiger charge is 2.27. The van der Waals surface area contributed by atoms with Gasteiger partial charge in [-0.2, -0.15) is 0 Å². The van der Waals surface area contributed by atoms with Crippen LogP contribution in [-0.4, -0.2) is 31.1 Å². The van der Waals surface area contributed by atoms with E-state index in [0.29, 0.717) is 22.9 Å². The van der Waals surface area contributed by atoms with Gasteiger partial charge in [0.25, 0.3) is 0 Å². The average molecular weight is 479 g/mol. The Hall–Kier alpha value is -4.12. The molecule has 5 nitrogen and oxygen atoms in total. The minimum atomic E-state index is 0.0144. The Labute approximate surface area is 212 Å². The number of aliphatic imine (C=N–C) groups is 1. The zero-order chi connectivity index (χ0) is 25.2. The Morgan fingerprint density at radius 3 is 2.50 bits per heavy atom. The molecule has 2 aromatic carbocycles. The first-order valence-corrected chi connectivity index (χ1v) is 12.4. The largest absolute Gasteiger partial charge is 0.462 e. The maximum atomic E-state index is 12.9. The van der Waals surface area contributed by atoms with Crippen LogP contribution in [0.25, 0.3) is 5.57 Å². The van der Waals surface area contributed by atoms with E-state index in [1.54, 1.807) is 0 Å².